The van der Waals surface area contributed by atoms with Gasteiger partial charge in [0.2, 0.25) is 0 Å². The minimum atomic E-state index is 0.455. The lowest BCUT2D eigenvalue weighted by Gasteiger charge is -2.30. The maximum atomic E-state index is 5.48. The van der Waals surface area contributed by atoms with E-state index in [1.807, 2.05) is 12.4 Å². The number of nitrogens with zero attached hydrogens (tertiary/aromatic N) is 3. The summed E-state index contributed by atoms with van der Waals surface area (Å²) in [4.78, 5) is 11.5. The molecule has 23 heavy (non-hydrogen) atoms. The van der Waals surface area contributed by atoms with Crippen molar-refractivity contribution in [2.24, 2.45) is 0 Å². The molecule has 1 aliphatic carbocycles. The average Bonchev–Trinajstić information content (AvgIpc) is 2.63. The van der Waals surface area contributed by atoms with E-state index in [0.717, 1.165) is 38.5 Å². The number of rotatable bonds is 2. The van der Waals surface area contributed by atoms with Crippen molar-refractivity contribution in [2.75, 3.05) is 31.2 Å². The van der Waals surface area contributed by atoms with Gasteiger partial charge in [-0.3, -0.25) is 4.98 Å². The van der Waals surface area contributed by atoms with Crippen molar-refractivity contribution in [3.05, 3.63) is 47.9 Å². The van der Waals surface area contributed by atoms with E-state index in [4.69, 9.17) is 9.72 Å². The fourth-order valence-corrected chi connectivity index (χ4v) is 3.34. The van der Waals surface area contributed by atoms with Crippen molar-refractivity contribution in [3.63, 3.8) is 0 Å². The average molecular weight is 307 g/mol. The van der Waals surface area contributed by atoms with E-state index >= 15 is 0 Å². The van der Waals surface area contributed by atoms with Crippen LogP contribution >= 0.6 is 0 Å². The summed E-state index contributed by atoms with van der Waals surface area (Å²) in [5.74, 6) is 1.53. The van der Waals surface area contributed by atoms with Crippen LogP contribution in [0, 0.1) is 0 Å². The van der Waals surface area contributed by atoms with Crippen molar-refractivity contribution in [1.29, 1.82) is 0 Å². The van der Waals surface area contributed by atoms with Crippen LogP contribution in [-0.2, 0) is 4.74 Å². The maximum absolute atomic E-state index is 5.48. The zero-order chi connectivity index (χ0) is 15.6. The van der Waals surface area contributed by atoms with Crippen molar-refractivity contribution in [3.8, 4) is 11.1 Å². The van der Waals surface area contributed by atoms with Gasteiger partial charge in [-0.2, -0.15) is 0 Å². The minimum Gasteiger partial charge on any atom is -0.378 e. The van der Waals surface area contributed by atoms with Crippen LogP contribution in [0.2, 0.25) is 0 Å². The highest BCUT2D eigenvalue weighted by Crippen LogP contribution is 2.37. The summed E-state index contributed by atoms with van der Waals surface area (Å²) in [7, 11) is 0. The Morgan fingerprint density at radius 1 is 1.17 bits per heavy atom. The summed E-state index contributed by atoms with van der Waals surface area (Å²) in [6.07, 6.45) is 9.25. The Balaban J connectivity index is 1.86. The Morgan fingerprint density at radius 3 is 2.74 bits per heavy atom. The van der Waals surface area contributed by atoms with Crippen molar-refractivity contribution >= 4 is 11.9 Å². The summed E-state index contributed by atoms with van der Waals surface area (Å²) >= 11 is 0. The van der Waals surface area contributed by atoms with Crippen LogP contribution in [0.5, 0.6) is 0 Å². The van der Waals surface area contributed by atoms with E-state index in [9.17, 15) is 0 Å². The number of anilines is 1. The molecule has 4 nitrogen and oxygen atoms in total. The molecule has 0 amide bonds. The zero-order valence-electron chi connectivity index (χ0n) is 13.4. The molecule has 1 aliphatic heterocycles. The molecule has 4 rings (SSSR count). The molecule has 1 atom stereocenters. The molecule has 3 heterocycles. The smallest absolute Gasteiger partial charge is 0.129 e. The lowest BCUT2D eigenvalue weighted by atomic mass is 9.88. The highest BCUT2D eigenvalue weighted by Gasteiger charge is 2.22. The number of hydrogen-bond donors (Lipinski definition) is 0. The van der Waals surface area contributed by atoms with E-state index in [1.54, 1.807) is 0 Å². The zero-order valence-corrected chi connectivity index (χ0v) is 13.4. The van der Waals surface area contributed by atoms with Gasteiger partial charge in [0.25, 0.3) is 0 Å². The lowest BCUT2D eigenvalue weighted by molar-refractivity contribution is 0.122. The second kappa shape index (κ2) is 6.13. The second-order valence-electron chi connectivity index (χ2n) is 6.20. The number of ether oxygens (including phenoxy) is 1. The van der Waals surface area contributed by atoms with Crippen LogP contribution in [0.3, 0.4) is 0 Å². The summed E-state index contributed by atoms with van der Waals surface area (Å²) in [5.41, 5.74) is 4.92. The van der Waals surface area contributed by atoms with Gasteiger partial charge in [0.15, 0.2) is 0 Å². The first-order chi connectivity index (χ1) is 11.3. The molecule has 2 aromatic heterocycles. The quantitative estimate of drug-likeness (QED) is 0.851. The van der Waals surface area contributed by atoms with Crippen LogP contribution in [0.4, 0.5) is 5.82 Å². The van der Waals surface area contributed by atoms with Gasteiger partial charge in [0, 0.05) is 37.0 Å². The van der Waals surface area contributed by atoms with Crippen LogP contribution in [0.1, 0.15) is 30.5 Å². The fourth-order valence-electron chi connectivity index (χ4n) is 3.34. The molecule has 0 bridgehead atoms. The third-order valence-corrected chi connectivity index (χ3v) is 4.64. The molecule has 0 spiro atoms. The van der Waals surface area contributed by atoms with E-state index in [1.165, 1.54) is 22.4 Å². The highest BCUT2D eigenvalue weighted by molar-refractivity contribution is 5.79. The number of morpholine rings is 1. The molecular weight excluding hydrogens is 286 g/mol. The molecule has 1 unspecified atom stereocenters. The summed E-state index contributed by atoms with van der Waals surface area (Å²) in [6.45, 7) is 5.63. The third-order valence-electron chi connectivity index (χ3n) is 4.64. The Hall–Kier alpha value is -2.20. The van der Waals surface area contributed by atoms with Crippen molar-refractivity contribution < 1.29 is 4.74 Å². The van der Waals surface area contributed by atoms with E-state index in [2.05, 4.69) is 47.2 Å². The highest BCUT2D eigenvalue weighted by atomic mass is 16.5. The Labute approximate surface area is 136 Å². The third kappa shape index (κ3) is 2.75. The first kappa shape index (κ1) is 14.4. The van der Waals surface area contributed by atoms with E-state index < -0.39 is 0 Å². The number of aromatic nitrogens is 2. The van der Waals surface area contributed by atoms with Crippen LogP contribution < -0.4 is 4.90 Å². The van der Waals surface area contributed by atoms with E-state index in [0.29, 0.717) is 5.92 Å². The number of hydrogen-bond acceptors (Lipinski definition) is 4. The van der Waals surface area contributed by atoms with Gasteiger partial charge in [-0.05, 0) is 35.7 Å². The fraction of sp³-hybridized carbons (Fsp3) is 0.368. The number of allylic oxidation sites excluding steroid dienone is 1. The van der Waals surface area contributed by atoms with Gasteiger partial charge < -0.3 is 9.64 Å². The normalized spacial score (nSPS) is 20.4. The van der Waals surface area contributed by atoms with Crippen LogP contribution in [0.25, 0.3) is 17.2 Å². The van der Waals surface area contributed by atoms with Gasteiger partial charge in [-0.1, -0.05) is 19.1 Å². The predicted octanol–water partition coefficient (Wildman–Crippen LogP) is 3.50. The van der Waals surface area contributed by atoms with Crippen molar-refractivity contribution in [2.45, 2.75) is 19.3 Å². The predicted molar refractivity (Wildman–Crippen MR) is 92.6 cm³/mol. The molecule has 1 saturated heterocycles. The van der Waals surface area contributed by atoms with Gasteiger partial charge >= 0.3 is 0 Å². The minimum absolute atomic E-state index is 0.455. The van der Waals surface area contributed by atoms with Gasteiger partial charge in [0.1, 0.15) is 5.82 Å². The van der Waals surface area contributed by atoms with Gasteiger partial charge in [-0.15, -0.1) is 0 Å². The lowest BCUT2D eigenvalue weighted by Crippen LogP contribution is -2.37. The summed E-state index contributed by atoms with van der Waals surface area (Å²) < 4.78 is 5.48. The molecular formula is C19H21N3O. The van der Waals surface area contributed by atoms with Gasteiger partial charge in [-0.25, -0.2) is 4.98 Å². The summed E-state index contributed by atoms with van der Waals surface area (Å²) in [6, 6.07) is 6.37. The Bertz CT molecular complexity index is 721. The molecule has 2 aromatic rings. The Morgan fingerprint density at radius 2 is 1.96 bits per heavy atom. The van der Waals surface area contributed by atoms with E-state index in [-0.39, 0.29) is 0 Å². The molecule has 2 aliphatic rings. The van der Waals surface area contributed by atoms with Crippen LogP contribution in [-0.4, -0.2) is 36.3 Å². The van der Waals surface area contributed by atoms with Crippen molar-refractivity contribution in [1.82, 2.24) is 9.97 Å². The molecule has 1 fully saturated rings. The standard InChI is InChI=1S/C19H21N3O/c1-14-3-2-4-16-17(15-5-7-20-8-6-15)13-18(21-19(14)16)22-9-11-23-12-10-22/h2,4-8,13-14H,3,9-12H2,1H3. The molecule has 0 radical (unpaired) electrons. The topological polar surface area (TPSA) is 38.2 Å². The summed E-state index contributed by atoms with van der Waals surface area (Å²) in [5, 5.41) is 0. The molecule has 4 heteroatoms. The maximum Gasteiger partial charge on any atom is 0.129 e. The monoisotopic (exact) mass is 307 g/mol. The van der Waals surface area contributed by atoms with Crippen LogP contribution in [0.15, 0.2) is 36.7 Å². The number of fused-ring (bicyclic) bond motifs is 1. The molecule has 118 valence electrons. The first-order valence-corrected chi connectivity index (χ1v) is 8.27. The second-order valence-corrected chi connectivity index (χ2v) is 6.20. The number of pyridine rings is 2. The molecule has 0 N–H and O–H groups in total. The molecule has 0 aromatic carbocycles. The van der Waals surface area contributed by atoms with Gasteiger partial charge in [0.05, 0.1) is 18.9 Å². The molecule has 0 saturated carbocycles. The SMILES string of the molecule is CC1CC=Cc2c(-c3ccncc3)cc(N3CCOCC3)nc21. The first-order valence-electron chi connectivity index (χ1n) is 8.27. The largest absolute Gasteiger partial charge is 0.378 e. The Kier molecular flexibility index (Phi) is 3.83.